The highest BCUT2D eigenvalue weighted by molar-refractivity contribution is 6.36. The Balaban J connectivity index is 1.36. The van der Waals surface area contributed by atoms with Crippen molar-refractivity contribution in [1.29, 1.82) is 0 Å². The molecule has 0 saturated heterocycles. The Hall–Kier alpha value is -7.05. The van der Waals surface area contributed by atoms with Crippen molar-refractivity contribution >= 4 is 76.2 Å². The van der Waals surface area contributed by atoms with Gasteiger partial charge in [0.25, 0.3) is 5.56 Å². The minimum absolute atomic E-state index is 0.152. The van der Waals surface area contributed by atoms with Gasteiger partial charge in [-0.05, 0) is 53.2 Å². The number of benzene rings is 7. The first-order valence-electron chi connectivity index (χ1n) is 17.1. The van der Waals surface area contributed by atoms with Crippen LogP contribution in [0.15, 0.2) is 169 Å². The van der Waals surface area contributed by atoms with Crippen molar-refractivity contribution in [3.8, 4) is 17.3 Å². The van der Waals surface area contributed by atoms with E-state index in [2.05, 4.69) is 112 Å². The van der Waals surface area contributed by atoms with Crippen molar-refractivity contribution < 1.29 is 0 Å². The minimum atomic E-state index is -0.152. The monoisotopic (exact) mass is 653 g/mol. The van der Waals surface area contributed by atoms with Gasteiger partial charge in [-0.2, -0.15) is 0 Å². The second-order valence-electron chi connectivity index (χ2n) is 13.0. The van der Waals surface area contributed by atoms with Crippen LogP contribution in [0.3, 0.4) is 0 Å². The molecule has 0 saturated carbocycles. The Morgan fingerprint density at radius 3 is 1.41 bits per heavy atom. The molecule has 0 bridgehead atoms. The van der Waals surface area contributed by atoms with Crippen LogP contribution in [-0.2, 0) is 0 Å². The first-order valence-corrected chi connectivity index (χ1v) is 17.1. The number of hydrogen-bond acceptors (Lipinski definition) is 3. The lowest BCUT2D eigenvalue weighted by atomic mass is 9.98. The van der Waals surface area contributed by atoms with Crippen LogP contribution in [0.25, 0.3) is 93.5 Å². The summed E-state index contributed by atoms with van der Waals surface area (Å²) in [6.07, 6.45) is 1.71. The van der Waals surface area contributed by atoms with Crippen molar-refractivity contribution in [2.45, 2.75) is 0 Å². The molecule has 0 radical (unpaired) electrons. The summed E-state index contributed by atoms with van der Waals surface area (Å²) in [7, 11) is 0. The molecule has 51 heavy (non-hydrogen) atoms. The van der Waals surface area contributed by atoms with Crippen LogP contribution in [0, 0.1) is 0 Å². The second-order valence-corrected chi connectivity index (χ2v) is 13.0. The zero-order valence-electron chi connectivity index (χ0n) is 27.2. The molecule has 7 aromatic carbocycles. The molecule has 0 aliphatic rings. The van der Waals surface area contributed by atoms with E-state index in [0.29, 0.717) is 16.9 Å². The third-order valence-electron chi connectivity index (χ3n) is 10.3. The van der Waals surface area contributed by atoms with E-state index in [1.54, 1.807) is 10.8 Å². The van der Waals surface area contributed by atoms with Crippen LogP contribution in [0.5, 0.6) is 0 Å². The predicted molar refractivity (Wildman–Crippen MR) is 209 cm³/mol. The molecule has 0 aliphatic heterocycles. The molecule has 0 atom stereocenters. The van der Waals surface area contributed by atoms with E-state index < -0.39 is 0 Å². The maximum Gasteiger partial charge on any atom is 0.266 e. The van der Waals surface area contributed by atoms with Crippen molar-refractivity contribution in [3.05, 3.63) is 174 Å². The first-order chi connectivity index (χ1) is 25.3. The summed E-state index contributed by atoms with van der Waals surface area (Å²) in [5, 5.41) is 8.33. The number of rotatable bonds is 3. The second kappa shape index (κ2) is 10.5. The molecule has 0 N–H and O–H groups in total. The molecule has 4 aromatic heterocycles. The predicted octanol–water partition coefficient (Wildman–Crippen LogP) is 10.3. The number of hydrogen-bond donors (Lipinski definition) is 0. The average Bonchev–Trinajstić information content (AvgIpc) is 3.73. The third kappa shape index (κ3) is 3.78. The molecule has 6 heteroatoms. The molecule has 6 nitrogen and oxygen atoms in total. The maximum atomic E-state index is 14.3. The van der Waals surface area contributed by atoms with Crippen molar-refractivity contribution in [1.82, 2.24) is 23.7 Å². The zero-order chi connectivity index (χ0) is 33.6. The van der Waals surface area contributed by atoms with E-state index in [0.717, 1.165) is 55.1 Å². The smallest absolute Gasteiger partial charge is 0.266 e. The van der Waals surface area contributed by atoms with E-state index in [1.807, 2.05) is 54.6 Å². The Morgan fingerprint density at radius 2 is 0.824 bits per heavy atom. The lowest BCUT2D eigenvalue weighted by Crippen LogP contribution is -2.20. The fourth-order valence-corrected chi connectivity index (χ4v) is 8.22. The van der Waals surface area contributed by atoms with Gasteiger partial charge in [0, 0.05) is 44.5 Å². The molecular weight excluding hydrogens is 627 g/mol. The van der Waals surface area contributed by atoms with Gasteiger partial charge in [0.2, 0.25) is 5.95 Å². The number of aromatic nitrogens is 5. The van der Waals surface area contributed by atoms with Gasteiger partial charge in [0.1, 0.15) is 0 Å². The van der Waals surface area contributed by atoms with Gasteiger partial charge in [-0.25, -0.2) is 9.97 Å². The molecule has 0 unspecified atom stereocenters. The standard InChI is InChI=1S/C45H27N5O/c51-44-35-27-46-45(47-41(35)34-23-11-14-26-38(34)49(44)29-17-5-2-6-18-29)50-37-25-13-10-22-33(37)40-31-20-8-7-19-30(31)39-32-21-9-12-24-36(32)48(42(39)43(40)50)28-15-3-1-4-16-28/h1-27H. The number of fused-ring (bicyclic) bond motifs is 13. The zero-order valence-corrected chi connectivity index (χ0v) is 27.2. The van der Waals surface area contributed by atoms with Crippen LogP contribution >= 0.6 is 0 Å². The quantitative estimate of drug-likeness (QED) is 0.178. The lowest BCUT2D eigenvalue weighted by molar-refractivity contribution is 1.000. The molecule has 0 fully saturated rings. The van der Waals surface area contributed by atoms with E-state index in [4.69, 9.17) is 9.97 Å². The summed E-state index contributed by atoms with van der Waals surface area (Å²) < 4.78 is 6.34. The third-order valence-corrected chi connectivity index (χ3v) is 10.3. The van der Waals surface area contributed by atoms with Gasteiger partial charge < -0.3 is 4.57 Å². The van der Waals surface area contributed by atoms with Crippen molar-refractivity contribution in [2.75, 3.05) is 0 Å². The lowest BCUT2D eigenvalue weighted by Gasteiger charge is -2.15. The molecule has 0 aliphatic carbocycles. The molecule has 4 heterocycles. The highest BCUT2D eigenvalue weighted by atomic mass is 16.1. The van der Waals surface area contributed by atoms with Gasteiger partial charge in [-0.3, -0.25) is 13.9 Å². The fraction of sp³-hybridized carbons (Fsp3) is 0. The number of para-hydroxylation sites is 5. The van der Waals surface area contributed by atoms with Gasteiger partial charge in [0.15, 0.2) is 0 Å². The minimum Gasteiger partial charge on any atom is -0.307 e. The highest BCUT2D eigenvalue weighted by Gasteiger charge is 2.25. The van der Waals surface area contributed by atoms with Gasteiger partial charge in [-0.15, -0.1) is 0 Å². The number of nitrogens with zero attached hydrogens (tertiary/aromatic N) is 5. The SMILES string of the molecule is O=c1c2cnc(-n3c4ccccc4c4c5ccccc5c5c6ccccc6n(-c6ccccc6)c5c43)nc2c2ccccc2n1-c1ccccc1. The average molecular weight is 654 g/mol. The van der Waals surface area contributed by atoms with Gasteiger partial charge in [-0.1, -0.05) is 115 Å². The summed E-state index contributed by atoms with van der Waals surface area (Å²) >= 11 is 0. The Morgan fingerprint density at radius 1 is 0.392 bits per heavy atom. The highest BCUT2D eigenvalue weighted by Crippen LogP contribution is 2.46. The topological polar surface area (TPSA) is 57.6 Å². The fourth-order valence-electron chi connectivity index (χ4n) is 8.22. The van der Waals surface area contributed by atoms with E-state index in [1.165, 1.54) is 21.5 Å². The molecule has 238 valence electrons. The summed E-state index contributed by atoms with van der Waals surface area (Å²) in [6.45, 7) is 0. The molecule has 11 aromatic rings. The van der Waals surface area contributed by atoms with Crippen LogP contribution in [0.4, 0.5) is 0 Å². The number of pyridine rings is 1. The van der Waals surface area contributed by atoms with Crippen LogP contribution in [0.2, 0.25) is 0 Å². The summed E-state index contributed by atoms with van der Waals surface area (Å²) in [4.78, 5) is 24.6. The Labute approximate surface area is 290 Å². The largest absolute Gasteiger partial charge is 0.307 e. The summed E-state index contributed by atoms with van der Waals surface area (Å²) in [5.74, 6) is 0.511. The van der Waals surface area contributed by atoms with E-state index in [9.17, 15) is 4.79 Å². The first kappa shape index (κ1) is 27.9. The van der Waals surface area contributed by atoms with Crippen molar-refractivity contribution in [2.24, 2.45) is 0 Å². The maximum absolute atomic E-state index is 14.3. The molecule has 11 rings (SSSR count). The van der Waals surface area contributed by atoms with E-state index in [-0.39, 0.29) is 5.56 Å². The summed E-state index contributed by atoms with van der Waals surface area (Å²) in [6, 6.07) is 54.1. The molecule has 0 amide bonds. The summed E-state index contributed by atoms with van der Waals surface area (Å²) in [5.41, 5.74) is 7.37. The molecule has 0 spiro atoms. The van der Waals surface area contributed by atoms with Crippen molar-refractivity contribution in [3.63, 3.8) is 0 Å². The normalized spacial score (nSPS) is 12.0. The molecular formula is C45H27N5O. The van der Waals surface area contributed by atoms with Crippen LogP contribution in [-0.4, -0.2) is 23.7 Å². The van der Waals surface area contributed by atoms with Crippen LogP contribution in [0.1, 0.15) is 0 Å². The van der Waals surface area contributed by atoms with Gasteiger partial charge in [0.05, 0.1) is 38.5 Å². The van der Waals surface area contributed by atoms with Crippen LogP contribution < -0.4 is 5.56 Å². The Bertz CT molecular complexity index is 3270. The van der Waals surface area contributed by atoms with E-state index >= 15 is 0 Å². The van der Waals surface area contributed by atoms with Gasteiger partial charge >= 0.3 is 0 Å². The Kier molecular flexibility index (Phi) is 5.72.